The molecule has 0 amide bonds. The molecule has 0 aromatic heterocycles. The van der Waals surface area contributed by atoms with E-state index >= 15 is 0 Å². The molecule has 0 N–H and O–H groups in total. The maximum atomic E-state index is 15.0. The van der Waals surface area contributed by atoms with Crippen molar-refractivity contribution < 1.29 is 22.3 Å². The van der Waals surface area contributed by atoms with Crippen LogP contribution in [0.1, 0.15) is 66.7 Å². The average Bonchev–Trinajstić information content (AvgIpc) is 2.83. The van der Waals surface area contributed by atoms with Gasteiger partial charge in [-0.1, -0.05) is 54.1 Å². The van der Waals surface area contributed by atoms with Gasteiger partial charge in [0.1, 0.15) is 0 Å². The molecular formula is C28H28F4O. The number of hydrogen-bond acceptors (Lipinski definition) is 1. The standard InChI is InChI=1S/C28H28F4O/c1-3-33-16-21-12-13-22(26(30)25(21)29)19-8-10-20(11-9-19)24-15-14-23(27(31)28(24)32)18-6-4-17(2)5-7-18/h4-7,12-15,19-20H,3,8-11,16H2,1-2H3. The molecule has 0 spiro atoms. The van der Waals surface area contributed by atoms with Crippen LogP contribution in [0, 0.1) is 30.2 Å². The zero-order valence-corrected chi connectivity index (χ0v) is 18.9. The van der Waals surface area contributed by atoms with E-state index in [4.69, 9.17) is 4.74 Å². The Hall–Kier alpha value is -2.66. The zero-order valence-electron chi connectivity index (χ0n) is 18.9. The van der Waals surface area contributed by atoms with Crippen LogP contribution in [0.5, 0.6) is 0 Å². The van der Waals surface area contributed by atoms with Crippen LogP contribution >= 0.6 is 0 Å². The molecule has 0 heterocycles. The lowest BCUT2D eigenvalue weighted by atomic mass is 9.75. The Morgan fingerprint density at radius 2 is 1.24 bits per heavy atom. The van der Waals surface area contributed by atoms with Crippen molar-refractivity contribution in [2.75, 3.05) is 6.61 Å². The SMILES string of the molecule is CCOCc1ccc(C2CCC(c3ccc(-c4ccc(C)cc4)c(F)c3F)CC2)c(F)c1F. The number of rotatable bonds is 6. The molecule has 1 fully saturated rings. The van der Waals surface area contributed by atoms with E-state index in [2.05, 4.69) is 0 Å². The summed E-state index contributed by atoms with van der Waals surface area (Å²) in [4.78, 5) is 0. The van der Waals surface area contributed by atoms with Gasteiger partial charge >= 0.3 is 0 Å². The first-order valence-electron chi connectivity index (χ1n) is 11.5. The highest BCUT2D eigenvalue weighted by Crippen LogP contribution is 2.43. The lowest BCUT2D eigenvalue weighted by Crippen LogP contribution is -2.15. The highest BCUT2D eigenvalue weighted by atomic mass is 19.2. The summed E-state index contributed by atoms with van der Waals surface area (Å²) < 4.78 is 64.2. The molecule has 0 atom stereocenters. The van der Waals surface area contributed by atoms with Gasteiger partial charge in [-0.15, -0.1) is 0 Å². The molecule has 1 aliphatic carbocycles. The quantitative estimate of drug-likeness (QED) is 0.340. The predicted molar refractivity (Wildman–Crippen MR) is 122 cm³/mol. The van der Waals surface area contributed by atoms with Crippen molar-refractivity contribution in [1.29, 1.82) is 0 Å². The molecule has 174 valence electrons. The van der Waals surface area contributed by atoms with Crippen LogP contribution in [0.25, 0.3) is 11.1 Å². The summed E-state index contributed by atoms with van der Waals surface area (Å²) in [5.41, 5.74) is 2.85. The number of hydrogen-bond donors (Lipinski definition) is 0. The second-order valence-electron chi connectivity index (χ2n) is 8.82. The fourth-order valence-corrected chi connectivity index (χ4v) is 4.79. The lowest BCUT2D eigenvalue weighted by Gasteiger charge is -2.30. The molecule has 1 nitrogen and oxygen atoms in total. The van der Waals surface area contributed by atoms with Gasteiger partial charge in [-0.2, -0.15) is 0 Å². The van der Waals surface area contributed by atoms with Crippen molar-refractivity contribution in [3.05, 3.63) is 94.1 Å². The summed E-state index contributed by atoms with van der Waals surface area (Å²) in [6.45, 7) is 4.20. The number of aryl methyl sites for hydroxylation is 1. The molecule has 0 bridgehead atoms. The molecule has 0 unspecified atom stereocenters. The summed E-state index contributed by atoms with van der Waals surface area (Å²) >= 11 is 0. The van der Waals surface area contributed by atoms with Crippen molar-refractivity contribution in [3.8, 4) is 11.1 Å². The molecule has 0 radical (unpaired) electrons. The van der Waals surface area contributed by atoms with Crippen LogP contribution in [-0.4, -0.2) is 6.61 Å². The fraction of sp³-hybridized carbons (Fsp3) is 0.357. The Balaban J connectivity index is 1.49. The summed E-state index contributed by atoms with van der Waals surface area (Å²) in [5, 5.41) is 0. The van der Waals surface area contributed by atoms with Crippen LogP contribution in [-0.2, 0) is 11.3 Å². The van der Waals surface area contributed by atoms with Crippen molar-refractivity contribution in [2.45, 2.75) is 58.0 Å². The van der Waals surface area contributed by atoms with Crippen LogP contribution in [0.4, 0.5) is 17.6 Å². The van der Waals surface area contributed by atoms with E-state index < -0.39 is 23.3 Å². The van der Waals surface area contributed by atoms with E-state index in [9.17, 15) is 17.6 Å². The van der Waals surface area contributed by atoms with Gasteiger partial charge in [-0.25, -0.2) is 17.6 Å². The van der Waals surface area contributed by atoms with E-state index in [1.165, 1.54) is 0 Å². The van der Waals surface area contributed by atoms with Gasteiger partial charge in [0.25, 0.3) is 0 Å². The predicted octanol–water partition coefficient (Wildman–Crippen LogP) is 8.20. The van der Waals surface area contributed by atoms with Crippen molar-refractivity contribution >= 4 is 0 Å². The molecule has 1 saturated carbocycles. The van der Waals surface area contributed by atoms with Crippen LogP contribution in [0.2, 0.25) is 0 Å². The van der Waals surface area contributed by atoms with Gasteiger partial charge in [0.05, 0.1) is 6.61 Å². The third-order valence-corrected chi connectivity index (χ3v) is 6.74. The largest absolute Gasteiger partial charge is 0.377 e. The number of benzene rings is 3. The van der Waals surface area contributed by atoms with E-state index in [1.54, 1.807) is 43.3 Å². The zero-order chi connectivity index (χ0) is 23.5. The maximum absolute atomic E-state index is 15.0. The highest BCUT2D eigenvalue weighted by molar-refractivity contribution is 5.65. The minimum absolute atomic E-state index is 0.0374. The number of halogens is 4. The van der Waals surface area contributed by atoms with Gasteiger partial charge in [0, 0.05) is 17.7 Å². The molecule has 0 aliphatic heterocycles. The average molecular weight is 457 g/mol. The van der Waals surface area contributed by atoms with Crippen molar-refractivity contribution in [3.63, 3.8) is 0 Å². The Morgan fingerprint density at radius 3 is 1.82 bits per heavy atom. The Kier molecular flexibility index (Phi) is 7.18. The smallest absolute Gasteiger partial charge is 0.166 e. The lowest BCUT2D eigenvalue weighted by molar-refractivity contribution is 0.131. The first-order valence-corrected chi connectivity index (χ1v) is 11.5. The monoisotopic (exact) mass is 456 g/mol. The summed E-state index contributed by atoms with van der Waals surface area (Å²) in [6.07, 6.45) is 2.36. The Labute approximate surface area is 192 Å². The topological polar surface area (TPSA) is 9.23 Å². The molecule has 3 aromatic rings. The van der Waals surface area contributed by atoms with E-state index in [0.29, 0.717) is 49.0 Å². The van der Waals surface area contributed by atoms with E-state index in [0.717, 1.165) is 5.56 Å². The first-order chi connectivity index (χ1) is 15.9. The van der Waals surface area contributed by atoms with E-state index in [1.807, 2.05) is 19.1 Å². The van der Waals surface area contributed by atoms with Crippen LogP contribution in [0.3, 0.4) is 0 Å². The maximum Gasteiger partial charge on any atom is 0.166 e. The molecule has 0 saturated heterocycles. The minimum atomic E-state index is -0.858. The minimum Gasteiger partial charge on any atom is -0.377 e. The molecular weight excluding hydrogens is 428 g/mol. The van der Waals surface area contributed by atoms with Gasteiger partial charge in [0.15, 0.2) is 23.3 Å². The fourth-order valence-electron chi connectivity index (χ4n) is 4.79. The molecule has 3 aromatic carbocycles. The summed E-state index contributed by atoms with van der Waals surface area (Å²) in [7, 11) is 0. The Morgan fingerprint density at radius 1 is 0.697 bits per heavy atom. The molecule has 4 rings (SSSR count). The molecule has 5 heteroatoms. The van der Waals surface area contributed by atoms with Gasteiger partial charge < -0.3 is 4.74 Å². The van der Waals surface area contributed by atoms with Crippen molar-refractivity contribution in [2.24, 2.45) is 0 Å². The number of ether oxygens (including phenoxy) is 1. The van der Waals surface area contributed by atoms with Gasteiger partial charge in [-0.3, -0.25) is 0 Å². The van der Waals surface area contributed by atoms with Crippen molar-refractivity contribution in [1.82, 2.24) is 0 Å². The highest BCUT2D eigenvalue weighted by Gasteiger charge is 2.29. The summed E-state index contributed by atoms with van der Waals surface area (Å²) in [5.74, 6) is -3.62. The van der Waals surface area contributed by atoms with Gasteiger partial charge in [0.2, 0.25) is 0 Å². The van der Waals surface area contributed by atoms with Gasteiger partial charge in [-0.05, 0) is 68.1 Å². The Bertz CT molecular complexity index is 1120. The first kappa shape index (κ1) is 23.5. The third-order valence-electron chi connectivity index (χ3n) is 6.74. The molecule has 1 aliphatic rings. The van der Waals surface area contributed by atoms with Crippen LogP contribution in [0.15, 0.2) is 48.5 Å². The third kappa shape index (κ3) is 4.84. The second-order valence-corrected chi connectivity index (χ2v) is 8.82. The molecule has 33 heavy (non-hydrogen) atoms. The van der Waals surface area contributed by atoms with E-state index in [-0.39, 0.29) is 29.6 Å². The summed E-state index contributed by atoms with van der Waals surface area (Å²) in [6, 6.07) is 13.8. The normalized spacial score (nSPS) is 18.5. The van der Waals surface area contributed by atoms with Crippen LogP contribution < -0.4 is 0 Å². The second kappa shape index (κ2) is 10.1.